The summed E-state index contributed by atoms with van der Waals surface area (Å²) in [6, 6.07) is 0. The highest BCUT2D eigenvalue weighted by molar-refractivity contribution is 7.99. The Morgan fingerprint density at radius 3 is 2.84 bits per heavy atom. The first-order chi connectivity index (χ1) is 9.11. The number of rotatable bonds is 6. The first-order valence-corrected chi connectivity index (χ1v) is 7.87. The van der Waals surface area contributed by atoms with Crippen LogP contribution in [0.4, 0.5) is 0 Å². The van der Waals surface area contributed by atoms with E-state index >= 15 is 0 Å². The summed E-state index contributed by atoms with van der Waals surface area (Å²) in [5, 5.41) is 17.8. The van der Waals surface area contributed by atoms with Gasteiger partial charge >= 0.3 is 5.97 Å². The predicted octanol–water partition coefficient (Wildman–Crippen LogP) is 2.45. The summed E-state index contributed by atoms with van der Waals surface area (Å²) in [7, 11) is 0. The van der Waals surface area contributed by atoms with Gasteiger partial charge in [-0.3, -0.25) is 4.79 Å². The van der Waals surface area contributed by atoms with Crippen LogP contribution >= 0.6 is 11.8 Å². The maximum Gasteiger partial charge on any atom is 0.313 e. The van der Waals surface area contributed by atoms with E-state index in [2.05, 4.69) is 28.6 Å². The first kappa shape index (κ1) is 14.4. The fourth-order valence-corrected chi connectivity index (χ4v) is 3.41. The molecule has 0 saturated heterocycles. The molecule has 0 spiro atoms. The van der Waals surface area contributed by atoms with Gasteiger partial charge in [-0.15, -0.1) is 10.2 Å². The second-order valence-corrected chi connectivity index (χ2v) is 6.16. The van der Waals surface area contributed by atoms with E-state index in [1.807, 2.05) is 0 Å². The molecule has 2 unspecified atom stereocenters. The number of carboxylic acids is 1. The normalized spacial score (nSPS) is 22.8. The lowest BCUT2D eigenvalue weighted by molar-refractivity contribution is -0.133. The largest absolute Gasteiger partial charge is 0.481 e. The van der Waals surface area contributed by atoms with E-state index in [0.29, 0.717) is 5.92 Å². The van der Waals surface area contributed by atoms with Crippen molar-refractivity contribution in [1.29, 1.82) is 0 Å². The Morgan fingerprint density at radius 2 is 2.26 bits per heavy atom. The highest BCUT2D eigenvalue weighted by Crippen LogP contribution is 2.33. The summed E-state index contributed by atoms with van der Waals surface area (Å²) < 4.78 is 2.13. The summed E-state index contributed by atoms with van der Waals surface area (Å²) in [4.78, 5) is 10.7. The molecule has 1 saturated carbocycles. The van der Waals surface area contributed by atoms with E-state index in [1.165, 1.54) is 31.0 Å². The molecule has 1 aliphatic rings. The Labute approximate surface area is 117 Å². The molecule has 1 aromatic rings. The Morgan fingerprint density at radius 1 is 1.47 bits per heavy atom. The van der Waals surface area contributed by atoms with Crippen molar-refractivity contribution in [3.63, 3.8) is 0 Å². The number of carboxylic acid groups (broad SMARTS) is 1. The lowest BCUT2D eigenvalue weighted by Crippen LogP contribution is -2.16. The van der Waals surface area contributed by atoms with E-state index in [-0.39, 0.29) is 5.75 Å². The van der Waals surface area contributed by atoms with Crippen molar-refractivity contribution >= 4 is 17.7 Å². The van der Waals surface area contributed by atoms with Gasteiger partial charge < -0.3 is 9.67 Å². The molecule has 2 atom stereocenters. The third-order valence-electron chi connectivity index (χ3n) is 3.89. The average molecular weight is 283 g/mol. The van der Waals surface area contributed by atoms with Gasteiger partial charge in [0.1, 0.15) is 5.82 Å². The number of hydrogen-bond acceptors (Lipinski definition) is 4. The number of thioether (sulfide) groups is 1. The van der Waals surface area contributed by atoms with Gasteiger partial charge in [-0.1, -0.05) is 38.5 Å². The zero-order chi connectivity index (χ0) is 13.8. The molecule has 1 aromatic heterocycles. The number of carbonyl (C=O) groups is 1. The van der Waals surface area contributed by atoms with Crippen LogP contribution in [-0.4, -0.2) is 31.6 Å². The van der Waals surface area contributed by atoms with Crippen LogP contribution in [0.3, 0.4) is 0 Å². The van der Waals surface area contributed by atoms with Gasteiger partial charge in [-0.25, -0.2) is 0 Å². The highest BCUT2D eigenvalue weighted by Gasteiger charge is 2.25. The Hall–Kier alpha value is -1.04. The van der Waals surface area contributed by atoms with Gasteiger partial charge in [-0.2, -0.15) is 0 Å². The molecule has 19 heavy (non-hydrogen) atoms. The third-order valence-corrected chi connectivity index (χ3v) is 4.84. The minimum absolute atomic E-state index is 0.0437. The molecule has 106 valence electrons. The zero-order valence-corrected chi connectivity index (χ0v) is 12.3. The van der Waals surface area contributed by atoms with Gasteiger partial charge in [0.15, 0.2) is 5.16 Å². The average Bonchev–Trinajstić information content (AvgIpc) is 2.95. The van der Waals surface area contributed by atoms with E-state index < -0.39 is 5.97 Å². The fourth-order valence-electron chi connectivity index (χ4n) is 2.72. The van der Waals surface area contributed by atoms with Crippen LogP contribution in [-0.2, 0) is 17.8 Å². The smallest absolute Gasteiger partial charge is 0.313 e. The van der Waals surface area contributed by atoms with Crippen molar-refractivity contribution in [2.24, 2.45) is 11.8 Å². The van der Waals surface area contributed by atoms with Crippen LogP contribution in [0.5, 0.6) is 0 Å². The van der Waals surface area contributed by atoms with Crippen molar-refractivity contribution in [1.82, 2.24) is 14.8 Å². The van der Waals surface area contributed by atoms with Crippen LogP contribution in [0, 0.1) is 11.8 Å². The molecule has 0 bridgehead atoms. The number of nitrogens with zero attached hydrogens (tertiary/aromatic N) is 3. The summed E-state index contributed by atoms with van der Waals surface area (Å²) in [6.45, 7) is 5.29. The molecular formula is C13H21N3O2S. The fraction of sp³-hybridized carbons (Fsp3) is 0.769. The molecule has 1 N–H and O–H groups in total. The Balaban J connectivity index is 2.11. The molecule has 0 radical (unpaired) electrons. The van der Waals surface area contributed by atoms with Gasteiger partial charge in [-0.05, 0) is 18.3 Å². The van der Waals surface area contributed by atoms with E-state index in [9.17, 15) is 4.79 Å². The maximum atomic E-state index is 10.7. The van der Waals surface area contributed by atoms with Crippen LogP contribution in [0.25, 0.3) is 0 Å². The minimum Gasteiger partial charge on any atom is -0.481 e. The van der Waals surface area contributed by atoms with E-state index in [4.69, 9.17) is 5.11 Å². The van der Waals surface area contributed by atoms with Crippen LogP contribution in [0.2, 0.25) is 0 Å². The van der Waals surface area contributed by atoms with Crippen molar-refractivity contribution in [2.75, 3.05) is 5.75 Å². The SMILES string of the molecule is CCc1nnc(SCC(=O)O)n1CC1CCCC1C. The van der Waals surface area contributed by atoms with Gasteiger partial charge in [0.2, 0.25) is 0 Å². The van der Waals surface area contributed by atoms with Crippen LogP contribution < -0.4 is 0 Å². The first-order valence-electron chi connectivity index (χ1n) is 6.88. The molecule has 0 aliphatic heterocycles. The number of aromatic nitrogens is 3. The molecule has 2 rings (SSSR count). The molecular weight excluding hydrogens is 262 g/mol. The van der Waals surface area contributed by atoms with Crippen LogP contribution in [0.1, 0.15) is 38.9 Å². The van der Waals surface area contributed by atoms with E-state index in [0.717, 1.165) is 29.9 Å². The zero-order valence-electron chi connectivity index (χ0n) is 11.5. The molecule has 6 heteroatoms. The summed E-state index contributed by atoms with van der Waals surface area (Å²) >= 11 is 1.27. The topological polar surface area (TPSA) is 68.0 Å². The quantitative estimate of drug-likeness (QED) is 0.812. The number of aryl methyl sites for hydroxylation is 1. The maximum absolute atomic E-state index is 10.7. The van der Waals surface area contributed by atoms with E-state index in [1.54, 1.807) is 0 Å². The standard InChI is InChI=1S/C13H21N3O2S/c1-3-11-14-15-13(19-8-12(17)18)16(11)7-10-6-4-5-9(10)2/h9-10H,3-8H2,1-2H3,(H,17,18). The van der Waals surface area contributed by atoms with Crippen molar-refractivity contribution < 1.29 is 9.90 Å². The summed E-state index contributed by atoms with van der Waals surface area (Å²) in [6.07, 6.45) is 4.69. The van der Waals surface area contributed by atoms with Gasteiger partial charge in [0, 0.05) is 13.0 Å². The monoisotopic (exact) mass is 283 g/mol. The molecule has 1 heterocycles. The van der Waals surface area contributed by atoms with Crippen LogP contribution in [0.15, 0.2) is 5.16 Å². The van der Waals surface area contributed by atoms with Gasteiger partial charge in [0.25, 0.3) is 0 Å². The van der Waals surface area contributed by atoms with Crippen molar-refractivity contribution in [3.05, 3.63) is 5.82 Å². The second-order valence-electron chi connectivity index (χ2n) is 5.21. The van der Waals surface area contributed by atoms with Crippen molar-refractivity contribution in [3.8, 4) is 0 Å². The molecule has 5 nitrogen and oxygen atoms in total. The minimum atomic E-state index is -0.813. The molecule has 1 fully saturated rings. The summed E-state index contributed by atoms with van der Waals surface area (Å²) in [5.41, 5.74) is 0. The lowest BCUT2D eigenvalue weighted by Gasteiger charge is -2.18. The highest BCUT2D eigenvalue weighted by atomic mass is 32.2. The Kier molecular flexibility index (Phi) is 4.85. The number of aliphatic carboxylic acids is 1. The second kappa shape index (κ2) is 6.41. The number of hydrogen-bond donors (Lipinski definition) is 1. The van der Waals surface area contributed by atoms with Gasteiger partial charge in [0.05, 0.1) is 5.75 Å². The molecule has 0 amide bonds. The third kappa shape index (κ3) is 3.49. The van der Waals surface area contributed by atoms with Crippen molar-refractivity contribution in [2.45, 2.75) is 51.2 Å². The lowest BCUT2D eigenvalue weighted by atomic mass is 9.98. The molecule has 1 aliphatic carbocycles. The molecule has 0 aromatic carbocycles. The predicted molar refractivity (Wildman–Crippen MR) is 74.3 cm³/mol. The summed E-state index contributed by atoms with van der Waals surface area (Å²) in [5.74, 6) is 1.61. The Bertz CT molecular complexity index is 447.